The van der Waals surface area contributed by atoms with Gasteiger partial charge in [-0.25, -0.2) is 9.59 Å². The monoisotopic (exact) mass is 362 g/mol. The second-order valence-electron chi connectivity index (χ2n) is 5.27. The number of carbonyl (C=O) groups is 2. The Balaban J connectivity index is 2.29. The largest absolute Gasteiger partial charge is 0.465 e. The smallest absolute Gasteiger partial charge is 0.348 e. The second-order valence-corrected chi connectivity index (χ2v) is 6.32. The average molecular weight is 362 g/mol. The van der Waals surface area contributed by atoms with Gasteiger partial charge in [-0.05, 0) is 27.7 Å². The van der Waals surface area contributed by atoms with E-state index in [1.54, 1.807) is 27.7 Å². The molecule has 25 heavy (non-hydrogen) atoms. The maximum Gasteiger partial charge on any atom is 0.348 e. The average Bonchev–Trinajstić information content (AvgIpc) is 3.01. The number of ether oxygens (including phenoxy) is 2. The third-order valence-electron chi connectivity index (χ3n) is 3.72. The molecule has 2 aromatic heterocycles. The van der Waals surface area contributed by atoms with Crippen LogP contribution in [0.2, 0.25) is 0 Å². The Bertz CT molecular complexity index is 873. The van der Waals surface area contributed by atoms with Crippen molar-refractivity contribution in [2.45, 2.75) is 34.3 Å². The minimum absolute atomic E-state index is 0.123. The highest BCUT2D eigenvalue weighted by atomic mass is 32.1. The first kappa shape index (κ1) is 18.5. The van der Waals surface area contributed by atoms with Gasteiger partial charge in [0.05, 0.1) is 12.2 Å². The Kier molecular flexibility index (Phi) is 5.49. The van der Waals surface area contributed by atoms with Crippen molar-refractivity contribution in [3.05, 3.63) is 38.7 Å². The topological polar surface area (TPSA) is 116 Å². The van der Waals surface area contributed by atoms with E-state index in [9.17, 15) is 14.9 Å². The lowest BCUT2D eigenvalue weighted by Crippen LogP contribution is -2.11. The molecule has 0 aliphatic heterocycles. The minimum Gasteiger partial charge on any atom is -0.465 e. The molecule has 0 aliphatic carbocycles. The Morgan fingerprint density at radius 1 is 1.20 bits per heavy atom. The summed E-state index contributed by atoms with van der Waals surface area (Å²) in [6.07, 6.45) is 0. The predicted molar refractivity (Wildman–Crippen MR) is 91.4 cm³/mol. The van der Waals surface area contributed by atoms with E-state index in [4.69, 9.17) is 19.6 Å². The number of nitrogens with two attached hydrogens (primary N) is 1. The van der Waals surface area contributed by atoms with E-state index in [1.807, 2.05) is 6.07 Å². The van der Waals surface area contributed by atoms with Crippen molar-refractivity contribution in [3.63, 3.8) is 0 Å². The van der Waals surface area contributed by atoms with Gasteiger partial charge in [0, 0.05) is 11.1 Å². The fourth-order valence-corrected chi connectivity index (χ4v) is 3.33. The van der Waals surface area contributed by atoms with Crippen molar-refractivity contribution in [2.24, 2.45) is 0 Å². The highest BCUT2D eigenvalue weighted by molar-refractivity contribution is 7.18. The highest BCUT2D eigenvalue weighted by Crippen LogP contribution is 2.32. The number of hydrogen-bond donors (Lipinski definition) is 1. The molecule has 0 bridgehead atoms. The van der Waals surface area contributed by atoms with Gasteiger partial charge in [-0.15, -0.1) is 11.3 Å². The van der Waals surface area contributed by atoms with Crippen molar-refractivity contribution >= 4 is 28.3 Å². The molecular weight excluding hydrogens is 344 g/mol. The van der Waals surface area contributed by atoms with E-state index in [1.165, 1.54) is 0 Å². The zero-order chi connectivity index (χ0) is 18.7. The van der Waals surface area contributed by atoms with Crippen LogP contribution in [0.3, 0.4) is 0 Å². The summed E-state index contributed by atoms with van der Waals surface area (Å²) in [5.74, 6) is -0.0984. The van der Waals surface area contributed by atoms with Gasteiger partial charge >= 0.3 is 11.9 Å². The molecule has 7 nitrogen and oxygen atoms in total. The number of nitrogen functional groups attached to an aromatic ring is 1. The highest BCUT2D eigenvalue weighted by Gasteiger charge is 2.25. The summed E-state index contributed by atoms with van der Waals surface area (Å²) in [7, 11) is 0. The van der Waals surface area contributed by atoms with Crippen LogP contribution < -0.4 is 5.73 Å². The van der Waals surface area contributed by atoms with Crippen molar-refractivity contribution in [1.29, 1.82) is 5.26 Å². The van der Waals surface area contributed by atoms with Crippen molar-refractivity contribution in [3.8, 4) is 6.07 Å². The Morgan fingerprint density at radius 3 is 2.40 bits per heavy atom. The van der Waals surface area contributed by atoms with Crippen LogP contribution in [0.4, 0.5) is 5.00 Å². The molecule has 0 aliphatic rings. The Labute approximate surface area is 148 Å². The SMILES string of the molecule is CCOC(=O)c1sc(N)c(C#N)c1COC(=O)c1c(C)oc(C)c1C. The number of carbonyl (C=O) groups excluding carboxylic acids is 2. The van der Waals surface area contributed by atoms with Crippen LogP contribution in [0.1, 0.15) is 55.2 Å². The summed E-state index contributed by atoms with van der Waals surface area (Å²) in [5, 5.41) is 9.45. The number of esters is 2. The lowest BCUT2D eigenvalue weighted by molar-refractivity contribution is 0.0450. The first-order valence-electron chi connectivity index (χ1n) is 7.53. The number of anilines is 1. The Morgan fingerprint density at radius 2 is 1.88 bits per heavy atom. The van der Waals surface area contributed by atoms with E-state index in [-0.39, 0.29) is 34.2 Å². The number of rotatable bonds is 5. The number of thiophene rings is 1. The van der Waals surface area contributed by atoms with E-state index in [2.05, 4.69) is 0 Å². The van der Waals surface area contributed by atoms with Crippen molar-refractivity contribution in [1.82, 2.24) is 0 Å². The quantitative estimate of drug-likeness (QED) is 0.812. The van der Waals surface area contributed by atoms with E-state index >= 15 is 0 Å². The van der Waals surface area contributed by atoms with Gasteiger partial charge in [-0.3, -0.25) is 0 Å². The lowest BCUT2D eigenvalue weighted by atomic mass is 10.1. The van der Waals surface area contributed by atoms with Crippen LogP contribution in [-0.2, 0) is 16.1 Å². The van der Waals surface area contributed by atoms with E-state index < -0.39 is 11.9 Å². The number of aryl methyl sites for hydroxylation is 2. The van der Waals surface area contributed by atoms with Crippen LogP contribution in [-0.4, -0.2) is 18.5 Å². The summed E-state index contributed by atoms with van der Waals surface area (Å²) >= 11 is 0.942. The van der Waals surface area contributed by atoms with Gasteiger partial charge in [-0.1, -0.05) is 0 Å². The first-order valence-corrected chi connectivity index (χ1v) is 8.35. The molecule has 0 saturated heterocycles. The molecule has 2 heterocycles. The van der Waals surface area contributed by atoms with Crippen LogP contribution in [0, 0.1) is 32.1 Å². The van der Waals surface area contributed by atoms with Gasteiger partial charge in [-0.2, -0.15) is 5.26 Å². The summed E-state index contributed by atoms with van der Waals surface area (Å²) in [5.41, 5.74) is 7.21. The molecule has 0 aromatic carbocycles. The van der Waals surface area contributed by atoms with Gasteiger partial charge in [0.1, 0.15) is 39.6 Å². The standard InChI is InChI=1S/C17H18N2O5S/c1-5-22-17(21)14-12(11(6-18)15(19)25-14)7-23-16(20)13-8(2)9(3)24-10(13)4/h5,7,19H2,1-4H3. The zero-order valence-electron chi connectivity index (χ0n) is 14.4. The predicted octanol–water partition coefficient (Wildman–Crippen LogP) is 3.25. The lowest BCUT2D eigenvalue weighted by Gasteiger charge is -2.07. The molecule has 2 N–H and O–H groups in total. The van der Waals surface area contributed by atoms with Crippen molar-refractivity contribution in [2.75, 3.05) is 12.3 Å². The summed E-state index contributed by atoms with van der Waals surface area (Å²) in [4.78, 5) is 24.6. The molecule has 0 spiro atoms. The maximum absolute atomic E-state index is 12.4. The number of nitriles is 1. The second kappa shape index (κ2) is 7.40. The fourth-order valence-electron chi connectivity index (χ4n) is 2.41. The molecule has 132 valence electrons. The van der Waals surface area contributed by atoms with Crippen LogP contribution >= 0.6 is 11.3 Å². The molecule has 0 radical (unpaired) electrons. The summed E-state index contributed by atoms with van der Waals surface area (Å²) in [6.45, 7) is 6.79. The van der Waals surface area contributed by atoms with Gasteiger partial charge in [0.15, 0.2) is 0 Å². The number of hydrogen-bond acceptors (Lipinski definition) is 8. The van der Waals surface area contributed by atoms with Gasteiger partial charge < -0.3 is 19.6 Å². The van der Waals surface area contributed by atoms with Crippen LogP contribution in [0.15, 0.2) is 4.42 Å². The molecule has 0 atom stereocenters. The molecule has 2 aromatic rings. The Hall–Kier alpha value is -2.79. The van der Waals surface area contributed by atoms with Crippen LogP contribution in [0.25, 0.3) is 0 Å². The van der Waals surface area contributed by atoms with E-state index in [0.717, 1.165) is 11.3 Å². The minimum atomic E-state index is -0.599. The normalized spacial score (nSPS) is 10.4. The van der Waals surface area contributed by atoms with Gasteiger partial charge in [0.25, 0.3) is 0 Å². The first-order chi connectivity index (χ1) is 11.8. The summed E-state index contributed by atoms with van der Waals surface area (Å²) < 4.78 is 15.7. The third kappa shape index (κ3) is 3.51. The van der Waals surface area contributed by atoms with E-state index in [0.29, 0.717) is 22.6 Å². The molecule has 0 unspecified atom stereocenters. The van der Waals surface area contributed by atoms with Gasteiger partial charge in [0.2, 0.25) is 0 Å². The molecule has 0 fully saturated rings. The fraction of sp³-hybridized carbons (Fsp3) is 0.353. The molecule has 8 heteroatoms. The molecule has 0 saturated carbocycles. The molecular formula is C17H18N2O5S. The number of nitrogens with zero attached hydrogens (tertiary/aromatic N) is 1. The molecule has 0 amide bonds. The molecule has 2 rings (SSSR count). The van der Waals surface area contributed by atoms with Crippen molar-refractivity contribution < 1.29 is 23.5 Å². The van der Waals surface area contributed by atoms with Crippen LogP contribution in [0.5, 0.6) is 0 Å². The zero-order valence-corrected chi connectivity index (χ0v) is 15.2. The maximum atomic E-state index is 12.4. The third-order valence-corrected chi connectivity index (χ3v) is 4.76. The number of furan rings is 1. The summed E-state index contributed by atoms with van der Waals surface area (Å²) in [6, 6.07) is 1.94.